The Hall–Kier alpha value is -2.16. The van der Waals surface area contributed by atoms with Crippen LogP contribution in [0.4, 0.5) is 0 Å². The SMILES string of the molecule is c1ccc(C2CCC(N3CCN(Cc4cccc5ccccc45)CC3)CC2)cc1. The molecule has 0 spiro atoms. The van der Waals surface area contributed by atoms with Gasteiger partial charge < -0.3 is 0 Å². The summed E-state index contributed by atoms with van der Waals surface area (Å²) >= 11 is 0. The number of nitrogens with zero attached hydrogens (tertiary/aromatic N) is 2. The van der Waals surface area contributed by atoms with Crippen LogP contribution in [0.5, 0.6) is 0 Å². The average molecular weight is 385 g/mol. The smallest absolute Gasteiger partial charge is 0.0240 e. The van der Waals surface area contributed by atoms with Crippen molar-refractivity contribution in [2.24, 2.45) is 0 Å². The molecule has 1 aliphatic heterocycles. The molecule has 0 aromatic heterocycles. The molecule has 3 aromatic carbocycles. The third-order valence-corrected chi connectivity index (χ3v) is 7.16. The minimum Gasteiger partial charge on any atom is -0.298 e. The average Bonchev–Trinajstić information content (AvgIpc) is 2.81. The lowest BCUT2D eigenvalue weighted by Gasteiger charge is -2.42. The van der Waals surface area contributed by atoms with E-state index in [0.717, 1.165) is 18.5 Å². The monoisotopic (exact) mass is 384 g/mol. The summed E-state index contributed by atoms with van der Waals surface area (Å²) in [7, 11) is 0. The van der Waals surface area contributed by atoms with Gasteiger partial charge in [0.2, 0.25) is 0 Å². The van der Waals surface area contributed by atoms with Gasteiger partial charge in [0.05, 0.1) is 0 Å². The molecule has 1 aliphatic carbocycles. The van der Waals surface area contributed by atoms with Crippen molar-refractivity contribution in [1.82, 2.24) is 9.80 Å². The van der Waals surface area contributed by atoms with Crippen LogP contribution in [0.1, 0.15) is 42.7 Å². The van der Waals surface area contributed by atoms with E-state index in [0.29, 0.717) is 0 Å². The minimum atomic E-state index is 0.778. The van der Waals surface area contributed by atoms with Gasteiger partial charge in [-0.1, -0.05) is 72.8 Å². The molecule has 2 heteroatoms. The maximum absolute atomic E-state index is 2.78. The summed E-state index contributed by atoms with van der Waals surface area (Å²) in [6, 6.07) is 27.5. The maximum atomic E-state index is 2.78. The van der Waals surface area contributed by atoms with E-state index in [2.05, 4.69) is 82.6 Å². The summed E-state index contributed by atoms with van der Waals surface area (Å²) in [5.74, 6) is 0.778. The van der Waals surface area contributed by atoms with Gasteiger partial charge in [0.15, 0.2) is 0 Å². The van der Waals surface area contributed by atoms with Crippen LogP contribution in [0.25, 0.3) is 10.8 Å². The van der Waals surface area contributed by atoms with Crippen LogP contribution in [0.15, 0.2) is 72.8 Å². The Kier molecular flexibility index (Phi) is 5.64. The first-order valence-electron chi connectivity index (χ1n) is 11.3. The van der Waals surface area contributed by atoms with Gasteiger partial charge in [0.1, 0.15) is 0 Å². The Morgan fingerprint density at radius 1 is 0.655 bits per heavy atom. The first kappa shape index (κ1) is 18.8. The second-order valence-electron chi connectivity index (χ2n) is 8.87. The van der Waals surface area contributed by atoms with Gasteiger partial charge in [0.25, 0.3) is 0 Å². The lowest BCUT2D eigenvalue weighted by atomic mass is 9.81. The Morgan fingerprint density at radius 3 is 2.14 bits per heavy atom. The number of hydrogen-bond donors (Lipinski definition) is 0. The summed E-state index contributed by atoms with van der Waals surface area (Å²) in [6.07, 6.45) is 5.43. The normalized spacial score (nSPS) is 24.0. The van der Waals surface area contributed by atoms with Crippen molar-refractivity contribution in [2.75, 3.05) is 26.2 Å². The van der Waals surface area contributed by atoms with E-state index in [4.69, 9.17) is 0 Å². The van der Waals surface area contributed by atoms with E-state index in [-0.39, 0.29) is 0 Å². The van der Waals surface area contributed by atoms with Gasteiger partial charge >= 0.3 is 0 Å². The van der Waals surface area contributed by atoms with Gasteiger partial charge in [-0.3, -0.25) is 9.80 Å². The van der Waals surface area contributed by atoms with Gasteiger partial charge in [-0.05, 0) is 53.5 Å². The van der Waals surface area contributed by atoms with Gasteiger partial charge in [-0.2, -0.15) is 0 Å². The van der Waals surface area contributed by atoms with Crippen molar-refractivity contribution in [3.8, 4) is 0 Å². The summed E-state index contributed by atoms with van der Waals surface area (Å²) in [5, 5.41) is 2.77. The molecule has 0 atom stereocenters. The number of fused-ring (bicyclic) bond motifs is 1. The molecule has 1 saturated carbocycles. The predicted octanol–water partition coefficient (Wildman–Crippen LogP) is 5.68. The Labute approximate surface area is 175 Å². The van der Waals surface area contributed by atoms with Crippen LogP contribution in [0.3, 0.4) is 0 Å². The number of benzene rings is 3. The molecule has 29 heavy (non-hydrogen) atoms. The van der Waals surface area contributed by atoms with Crippen LogP contribution >= 0.6 is 0 Å². The Morgan fingerprint density at radius 2 is 1.34 bits per heavy atom. The molecule has 2 aliphatic rings. The highest BCUT2D eigenvalue weighted by atomic mass is 15.3. The fourth-order valence-electron chi connectivity index (χ4n) is 5.46. The molecule has 0 N–H and O–H groups in total. The quantitative estimate of drug-likeness (QED) is 0.571. The molecule has 1 saturated heterocycles. The summed E-state index contributed by atoms with van der Waals surface area (Å²) in [4.78, 5) is 5.43. The highest BCUT2D eigenvalue weighted by Gasteiger charge is 2.28. The zero-order valence-corrected chi connectivity index (χ0v) is 17.3. The Bertz CT molecular complexity index is 914. The maximum Gasteiger partial charge on any atom is 0.0240 e. The molecule has 0 amide bonds. The highest BCUT2D eigenvalue weighted by Crippen LogP contribution is 2.35. The first-order valence-corrected chi connectivity index (χ1v) is 11.3. The first-order chi connectivity index (χ1) is 14.4. The van der Waals surface area contributed by atoms with Crippen molar-refractivity contribution in [1.29, 1.82) is 0 Å². The van der Waals surface area contributed by atoms with Crippen molar-refractivity contribution in [3.05, 3.63) is 83.9 Å². The molecule has 0 unspecified atom stereocenters. The van der Waals surface area contributed by atoms with Crippen molar-refractivity contribution >= 4 is 10.8 Å². The lowest BCUT2D eigenvalue weighted by molar-refractivity contribution is 0.0729. The molecule has 0 bridgehead atoms. The second kappa shape index (κ2) is 8.69. The topological polar surface area (TPSA) is 6.48 Å². The number of rotatable bonds is 4. The van der Waals surface area contributed by atoms with Gasteiger partial charge in [-0.25, -0.2) is 0 Å². The highest BCUT2D eigenvalue weighted by molar-refractivity contribution is 5.85. The molecule has 2 nitrogen and oxygen atoms in total. The minimum absolute atomic E-state index is 0.778. The fraction of sp³-hybridized carbons (Fsp3) is 0.407. The third-order valence-electron chi connectivity index (χ3n) is 7.16. The summed E-state index contributed by atoms with van der Waals surface area (Å²) in [6.45, 7) is 5.93. The molecule has 1 heterocycles. The van der Waals surface area contributed by atoms with E-state index in [1.807, 2.05) is 0 Å². The lowest BCUT2D eigenvalue weighted by Crippen LogP contribution is -2.50. The van der Waals surface area contributed by atoms with Crippen LogP contribution in [0.2, 0.25) is 0 Å². The largest absolute Gasteiger partial charge is 0.298 e. The standard InChI is InChI=1S/C27H32N2/c1-2-7-22(8-3-1)23-13-15-26(16-14-23)29-19-17-28(18-20-29)21-25-11-6-10-24-9-4-5-12-27(24)25/h1-12,23,26H,13-21H2. The molecule has 5 rings (SSSR count). The molecular formula is C27H32N2. The van der Waals surface area contributed by atoms with E-state index >= 15 is 0 Å². The molecule has 0 radical (unpaired) electrons. The number of hydrogen-bond acceptors (Lipinski definition) is 2. The molecule has 150 valence electrons. The second-order valence-corrected chi connectivity index (χ2v) is 8.87. The predicted molar refractivity (Wildman–Crippen MR) is 122 cm³/mol. The summed E-state index contributed by atoms with van der Waals surface area (Å²) < 4.78 is 0. The van der Waals surface area contributed by atoms with Crippen molar-refractivity contribution in [2.45, 2.75) is 44.2 Å². The van der Waals surface area contributed by atoms with Crippen molar-refractivity contribution < 1.29 is 0 Å². The van der Waals surface area contributed by atoms with Crippen LogP contribution < -0.4 is 0 Å². The van der Waals surface area contributed by atoms with Crippen molar-refractivity contribution in [3.63, 3.8) is 0 Å². The van der Waals surface area contributed by atoms with E-state index in [1.165, 1.54) is 68.2 Å². The van der Waals surface area contributed by atoms with Gasteiger partial charge in [-0.15, -0.1) is 0 Å². The van der Waals surface area contributed by atoms with Crippen LogP contribution in [0, 0.1) is 0 Å². The van der Waals surface area contributed by atoms with E-state index in [9.17, 15) is 0 Å². The number of piperazine rings is 1. The van der Waals surface area contributed by atoms with Gasteiger partial charge in [0, 0.05) is 38.8 Å². The fourth-order valence-corrected chi connectivity index (χ4v) is 5.46. The van der Waals surface area contributed by atoms with E-state index in [1.54, 1.807) is 5.56 Å². The Balaban J connectivity index is 1.14. The zero-order valence-electron chi connectivity index (χ0n) is 17.3. The molecule has 2 fully saturated rings. The van der Waals surface area contributed by atoms with Crippen LogP contribution in [-0.4, -0.2) is 42.0 Å². The molecular weight excluding hydrogens is 352 g/mol. The van der Waals surface area contributed by atoms with E-state index < -0.39 is 0 Å². The third kappa shape index (κ3) is 4.24. The zero-order chi connectivity index (χ0) is 19.5. The van der Waals surface area contributed by atoms with Crippen LogP contribution in [-0.2, 0) is 6.54 Å². The summed E-state index contributed by atoms with van der Waals surface area (Å²) in [5.41, 5.74) is 3.02. The molecule has 3 aromatic rings.